The van der Waals surface area contributed by atoms with Crippen LogP contribution >= 0.6 is 0 Å². The molecule has 1 heterocycles. The second-order valence-corrected chi connectivity index (χ2v) is 5.78. The van der Waals surface area contributed by atoms with Gasteiger partial charge in [-0.25, -0.2) is 0 Å². The Hall–Kier alpha value is -1.84. The number of benzene rings is 1. The molecule has 0 aromatic heterocycles. The van der Waals surface area contributed by atoms with E-state index in [1.165, 1.54) is 0 Å². The second-order valence-electron chi connectivity index (χ2n) is 5.78. The van der Waals surface area contributed by atoms with Gasteiger partial charge in [-0.15, -0.1) is 0 Å². The summed E-state index contributed by atoms with van der Waals surface area (Å²) in [4.78, 5) is 27.6. The third kappa shape index (κ3) is 3.18. The molecule has 1 saturated heterocycles. The number of amides is 2. The minimum Gasteiger partial charge on any atom is -0.341 e. The zero-order valence-electron chi connectivity index (χ0n) is 12.4. The average molecular weight is 274 g/mol. The third-order valence-corrected chi connectivity index (χ3v) is 3.46. The summed E-state index contributed by atoms with van der Waals surface area (Å²) in [6.07, 6.45) is 1.50. The van der Waals surface area contributed by atoms with E-state index >= 15 is 0 Å². The lowest BCUT2D eigenvalue weighted by Gasteiger charge is -2.21. The lowest BCUT2D eigenvalue weighted by Crippen LogP contribution is -2.30. The first-order valence-corrected chi connectivity index (χ1v) is 7.15. The molecule has 1 fully saturated rings. The van der Waals surface area contributed by atoms with E-state index < -0.39 is 0 Å². The van der Waals surface area contributed by atoms with E-state index in [0.717, 1.165) is 25.2 Å². The lowest BCUT2D eigenvalue weighted by atomic mass is 10.1. The van der Waals surface area contributed by atoms with Crippen LogP contribution in [-0.4, -0.2) is 36.9 Å². The highest BCUT2D eigenvalue weighted by molar-refractivity contribution is 5.98. The summed E-state index contributed by atoms with van der Waals surface area (Å²) in [5.74, 6) is 0.588. The molecule has 1 aliphatic rings. The van der Waals surface area contributed by atoms with E-state index in [1.54, 1.807) is 9.80 Å². The maximum Gasteiger partial charge on any atom is 0.253 e. The van der Waals surface area contributed by atoms with Gasteiger partial charge in [0.05, 0.1) is 0 Å². The van der Waals surface area contributed by atoms with Crippen molar-refractivity contribution >= 4 is 17.5 Å². The lowest BCUT2D eigenvalue weighted by molar-refractivity contribution is -0.117. The van der Waals surface area contributed by atoms with E-state index in [9.17, 15) is 9.59 Å². The van der Waals surface area contributed by atoms with Gasteiger partial charge in [0.1, 0.15) is 0 Å². The van der Waals surface area contributed by atoms with Gasteiger partial charge in [-0.1, -0.05) is 19.9 Å². The fourth-order valence-electron chi connectivity index (χ4n) is 2.58. The molecule has 0 N–H and O–H groups in total. The summed E-state index contributed by atoms with van der Waals surface area (Å²) in [6.45, 7) is 5.65. The minimum atomic E-state index is 0.00666. The molecular weight excluding hydrogens is 252 g/mol. The number of nitrogens with zero attached hydrogens (tertiary/aromatic N) is 2. The number of hydrogen-bond donors (Lipinski definition) is 0. The normalized spacial score (nSPS) is 15.0. The third-order valence-electron chi connectivity index (χ3n) is 3.46. The van der Waals surface area contributed by atoms with Gasteiger partial charge in [-0.05, 0) is 30.5 Å². The summed E-state index contributed by atoms with van der Waals surface area (Å²) < 4.78 is 0. The van der Waals surface area contributed by atoms with Crippen molar-refractivity contribution in [3.63, 3.8) is 0 Å². The molecule has 0 atom stereocenters. The Morgan fingerprint density at radius 2 is 2.15 bits per heavy atom. The van der Waals surface area contributed by atoms with E-state index in [2.05, 4.69) is 13.8 Å². The number of carbonyl (C=O) groups is 2. The van der Waals surface area contributed by atoms with Crippen LogP contribution < -0.4 is 4.90 Å². The van der Waals surface area contributed by atoms with Gasteiger partial charge >= 0.3 is 0 Å². The number of hydrogen-bond acceptors (Lipinski definition) is 2. The van der Waals surface area contributed by atoms with Crippen LogP contribution in [0.2, 0.25) is 0 Å². The number of carbonyl (C=O) groups excluding carboxylic acids is 2. The summed E-state index contributed by atoms with van der Waals surface area (Å²) in [7, 11) is 1.82. The zero-order chi connectivity index (χ0) is 14.7. The molecule has 108 valence electrons. The van der Waals surface area contributed by atoms with Gasteiger partial charge in [0.15, 0.2) is 0 Å². The topological polar surface area (TPSA) is 40.6 Å². The summed E-state index contributed by atoms with van der Waals surface area (Å²) >= 11 is 0. The van der Waals surface area contributed by atoms with Crippen molar-refractivity contribution < 1.29 is 9.59 Å². The maximum absolute atomic E-state index is 12.4. The van der Waals surface area contributed by atoms with Crippen molar-refractivity contribution in [2.75, 3.05) is 25.0 Å². The summed E-state index contributed by atoms with van der Waals surface area (Å²) in [5, 5.41) is 0. The quantitative estimate of drug-likeness (QED) is 0.846. The van der Waals surface area contributed by atoms with Crippen molar-refractivity contribution in [1.29, 1.82) is 0 Å². The molecule has 2 rings (SSSR count). The van der Waals surface area contributed by atoms with E-state index in [4.69, 9.17) is 0 Å². The van der Waals surface area contributed by atoms with Crippen LogP contribution in [0.3, 0.4) is 0 Å². The van der Waals surface area contributed by atoms with E-state index in [-0.39, 0.29) is 11.8 Å². The predicted molar refractivity (Wildman–Crippen MR) is 79.8 cm³/mol. The van der Waals surface area contributed by atoms with E-state index in [0.29, 0.717) is 17.9 Å². The highest BCUT2D eigenvalue weighted by Gasteiger charge is 2.22. The van der Waals surface area contributed by atoms with Gasteiger partial charge < -0.3 is 9.80 Å². The van der Waals surface area contributed by atoms with Crippen molar-refractivity contribution in [3.8, 4) is 0 Å². The highest BCUT2D eigenvalue weighted by atomic mass is 16.2. The van der Waals surface area contributed by atoms with Crippen LogP contribution in [0.15, 0.2) is 24.3 Å². The Morgan fingerprint density at radius 3 is 2.75 bits per heavy atom. The minimum absolute atomic E-state index is 0.00666. The second kappa shape index (κ2) is 6.07. The fraction of sp³-hybridized carbons (Fsp3) is 0.500. The van der Waals surface area contributed by atoms with Crippen LogP contribution in [0.5, 0.6) is 0 Å². The van der Waals surface area contributed by atoms with Gasteiger partial charge in [0.25, 0.3) is 5.91 Å². The largest absolute Gasteiger partial charge is 0.341 e. The average Bonchev–Trinajstić information content (AvgIpc) is 2.83. The molecule has 0 bridgehead atoms. The van der Waals surface area contributed by atoms with Crippen molar-refractivity contribution in [1.82, 2.24) is 4.90 Å². The molecule has 4 nitrogen and oxygen atoms in total. The standard InChI is InChI=1S/C16H22N2O2/c1-12(2)11-17(3)16(20)13-6-4-7-14(10-13)18-9-5-8-15(18)19/h4,6-7,10,12H,5,8-9,11H2,1-3H3. The molecule has 0 saturated carbocycles. The van der Waals surface area contributed by atoms with Crippen LogP contribution in [0.1, 0.15) is 37.0 Å². The number of anilines is 1. The predicted octanol–water partition coefficient (Wildman–Crippen LogP) is 2.54. The molecule has 0 spiro atoms. The van der Waals surface area contributed by atoms with Gasteiger partial charge in [0, 0.05) is 37.8 Å². The number of rotatable bonds is 4. The van der Waals surface area contributed by atoms with Crippen LogP contribution in [-0.2, 0) is 4.79 Å². The molecule has 2 amide bonds. The zero-order valence-corrected chi connectivity index (χ0v) is 12.4. The smallest absolute Gasteiger partial charge is 0.253 e. The maximum atomic E-state index is 12.4. The Kier molecular flexibility index (Phi) is 4.42. The Morgan fingerprint density at radius 1 is 1.40 bits per heavy atom. The van der Waals surface area contributed by atoms with Crippen LogP contribution in [0.25, 0.3) is 0 Å². The first-order valence-electron chi connectivity index (χ1n) is 7.15. The van der Waals surface area contributed by atoms with Crippen molar-refractivity contribution in [3.05, 3.63) is 29.8 Å². The summed E-state index contributed by atoms with van der Waals surface area (Å²) in [5.41, 5.74) is 1.47. The van der Waals surface area contributed by atoms with Crippen LogP contribution in [0, 0.1) is 5.92 Å². The van der Waals surface area contributed by atoms with Gasteiger partial charge in [-0.2, -0.15) is 0 Å². The molecule has 4 heteroatoms. The molecule has 1 aromatic carbocycles. The Bertz CT molecular complexity index is 511. The first kappa shape index (κ1) is 14.6. The van der Waals surface area contributed by atoms with Gasteiger partial charge in [0.2, 0.25) is 5.91 Å². The summed E-state index contributed by atoms with van der Waals surface area (Å²) in [6, 6.07) is 7.37. The molecule has 0 unspecified atom stereocenters. The monoisotopic (exact) mass is 274 g/mol. The van der Waals surface area contributed by atoms with E-state index in [1.807, 2.05) is 31.3 Å². The SMILES string of the molecule is CC(C)CN(C)C(=O)c1cccc(N2CCCC2=O)c1. The Labute approximate surface area is 120 Å². The molecule has 0 radical (unpaired) electrons. The molecule has 0 aliphatic carbocycles. The van der Waals surface area contributed by atoms with Crippen LogP contribution in [0.4, 0.5) is 5.69 Å². The first-order chi connectivity index (χ1) is 9.49. The molecule has 20 heavy (non-hydrogen) atoms. The fourth-order valence-corrected chi connectivity index (χ4v) is 2.58. The Balaban J connectivity index is 2.17. The molecule has 1 aromatic rings. The van der Waals surface area contributed by atoms with Crippen molar-refractivity contribution in [2.45, 2.75) is 26.7 Å². The van der Waals surface area contributed by atoms with Crippen molar-refractivity contribution in [2.24, 2.45) is 5.92 Å². The highest BCUT2D eigenvalue weighted by Crippen LogP contribution is 2.22. The molecule has 1 aliphatic heterocycles. The molecular formula is C16H22N2O2. The van der Waals surface area contributed by atoms with Gasteiger partial charge in [-0.3, -0.25) is 9.59 Å².